The van der Waals surface area contributed by atoms with Gasteiger partial charge in [0, 0.05) is 6.54 Å². The van der Waals surface area contributed by atoms with Gasteiger partial charge in [0.05, 0.1) is 5.60 Å². The van der Waals surface area contributed by atoms with Gasteiger partial charge in [-0.15, -0.1) is 0 Å². The van der Waals surface area contributed by atoms with Crippen molar-refractivity contribution in [3.8, 4) is 0 Å². The van der Waals surface area contributed by atoms with E-state index in [2.05, 4.69) is 25.3 Å². The summed E-state index contributed by atoms with van der Waals surface area (Å²) < 4.78 is 0. The highest BCUT2D eigenvalue weighted by Crippen LogP contribution is 2.65. The fraction of sp³-hybridized carbons (Fsp3) is 0.926. The van der Waals surface area contributed by atoms with E-state index in [0.717, 1.165) is 48.3 Å². The van der Waals surface area contributed by atoms with Crippen LogP contribution in [0.5, 0.6) is 0 Å². The second kappa shape index (κ2) is 7.66. The Hall–Kier alpha value is -0.340. The first kappa shape index (κ1) is 20.6. The molecular weight excluding hydrogens is 354 g/mol. The van der Waals surface area contributed by atoms with Crippen LogP contribution in [0.1, 0.15) is 90.9 Å². The van der Waals surface area contributed by atoms with Crippen LogP contribution in [0.3, 0.4) is 0 Å². The zero-order valence-electron chi connectivity index (χ0n) is 19.2. The third kappa shape index (κ3) is 3.65. The molecule has 1 N–H and O–H groups in total. The molecule has 1 saturated heterocycles. The summed E-state index contributed by atoms with van der Waals surface area (Å²) in [6.07, 6.45) is 16.1. The van der Waals surface area contributed by atoms with Gasteiger partial charge in [0.15, 0.2) is 0 Å². The molecule has 1 heterocycles. The van der Waals surface area contributed by atoms with E-state index in [9.17, 15) is 5.11 Å². The number of fused-ring (bicyclic) bond motifs is 5. The average molecular weight is 400 g/mol. The van der Waals surface area contributed by atoms with Crippen molar-refractivity contribution in [3.63, 3.8) is 0 Å². The van der Waals surface area contributed by atoms with Crippen molar-refractivity contribution in [2.75, 3.05) is 19.6 Å². The minimum absolute atomic E-state index is 0.387. The first-order valence-electron chi connectivity index (χ1n) is 13.0. The fourth-order valence-corrected chi connectivity index (χ4v) is 9.27. The topological polar surface area (TPSA) is 23.5 Å². The Morgan fingerprint density at radius 1 is 0.897 bits per heavy atom. The maximum absolute atomic E-state index is 10.6. The predicted molar refractivity (Wildman–Crippen MR) is 121 cm³/mol. The van der Waals surface area contributed by atoms with Crippen molar-refractivity contribution in [2.24, 2.45) is 40.9 Å². The number of piperidine rings is 1. The number of rotatable bonds is 3. The molecule has 4 aliphatic carbocycles. The standard InChI is InChI=1S/C27H45NO/c1-19(18-28-15-5-4-6-16-28)24-9-10-25-23-8-7-20-17-26(2,29)13-11-21(20)22(23)12-14-27(24,25)3/h20-25,29H,1,4-18H2,2-3H3/t20-,21+,22-,23-,24-,25+,26-,27-/m1/s1. The third-order valence-corrected chi connectivity index (χ3v) is 10.6. The van der Waals surface area contributed by atoms with Gasteiger partial charge in [-0.2, -0.15) is 0 Å². The van der Waals surface area contributed by atoms with Crippen LogP contribution in [-0.2, 0) is 0 Å². The van der Waals surface area contributed by atoms with Gasteiger partial charge in [0.2, 0.25) is 0 Å². The lowest BCUT2D eigenvalue weighted by Gasteiger charge is -2.57. The lowest BCUT2D eigenvalue weighted by atomic mass is 9.49. The first-order valence-corrected chi connectivity index (χ1v) is 13.0. The molecule has 29 heavy (non-hydrogen) atoms. The van der Waals surface area contributed by atoms with Gasteiger partial charge >= 0.3 is 0 Å². The molecule has 2 nitrogen and oxygen atoms in total. The molecule has 0 aromatic heterocycles. The summed E-state index contributed by atoms with van der Waals surface area (Å²) in [6.45, 7) is 13.2. The zero-order valence-corrected chi connectivity index (χ0v) is 19.2. The molecule has 164 valence electrons. The van der Waals surface area contributed by atoms with E-state index in [-0.39, 0.29) is 5.60 Å². The lowest BCUT2D eigenvalue weighted by molar-refractivity contribution is -0.0979. The molecular formula is C27H45NO. The summed E-state index contributed by atoms with van der Waals surface area (Å²) in [7, 11) is 0. The molecule has 4 saturated carbocycles. The fourth-order valence-electron chi connectivity index (χ4n) is 9.27. The van der Waals surface area contributed by atoms with Crippen molar-refractivity contribution in [2.45, 2.75) is 96.5 Å². The van der Waals surface area contributed by atoms with Crippen LogP contribution in [-0.4, -0.2) is 35.2 Å². The van der Waals surface area contributed by atoms with Crippen LogP contribution in [0.25, 0.3) is 0 Å². The number of hydrogen-bond acceptors (Lipinski definition) is 2. The van der Waals surface area contributed by atoms with E-state index in [0.29, 0.717) is 5.41 Å². The molecule has 5 fully saturated rings. The van der Waals surface area contributed by atoms with Crippen LogP contribution >= 0.6 is 0 Å². The molecule has 0 radical (unpaired) electrons. The van der Waals surface area contributed by atoms with Crippen molar-refractivity contribution >= 4 is 0 Å². The smallest absolute Gasteiger partial charge is 0.0622 e. The Morgan fingerprint density at radius 2 is 1.66 bits per heavy atom. The van der Waals surface area contributed by atoms with E-state index in [4.69, 9.17) is 0 Å². The highest BCUT2D eigenvalue weighted by molar-refractivity contribution is 5.16. The molecule has 0 unspecified atom stereocenters. The highest BCUT2D eigenvalue weighted by Gasteiger charge is 2.57. The lowest BCUT2D eigenvalue weighted by Crippen LogP contribution is -2.50. The van der Waals surface area contributed by atoms with Gasteiger partial charge in [-0.3, -0.25) is 4.90 Å². The Morgan fingerprint density at radius 3 is 2.45 bits per heavy atom. The van der Waals surface area contributed by atoms with Crippen molar-refractivity contribution < 1.29 is 5.11 Å². The van der Waals surface area contributed by atoms with Crippen molar-refractivity contribution in [1.29, 1.82) is 0 Å². The number of likely N-dealkylation sites (tertiary alicyclic amines) is 1. The van der Waals surface area contributed by atoms with E-state index in [1.807, 2.05) is 0 Å². The van der Waals surface area contributed by atoms with Crippen molar-refractivity contribution in [1.82, 2.24) is 4.90 Å². The van der Waals surface area contributed by atoms with Gasteiger partial charge in [-0.1, -0.05) is 25.5 Å². The Balaban J connectivity index is 1.28. The Kier molecular flexibility index (Phi) is 5.43. The first-order chi connectivity index (χ1) is 13.9. The Bertz CT molecular complexity index is 620. The predicted octanol–water partition coefficient (Wildman–Crippen LogP) is 6.05. The van der Waals surface area contributed by atoms with Gasteiger partial charge in [-0.25, -0.2) is 0 Å². The SMILES string of the molecule is C=C(CN1CCCCC1)[C@H]1CC[C@H]2[C@@H]3CC[C@@H]4C[C@](C)(O)CC[C@@H]4[C@H]3CC[C@]12C. The minimum atomic E-state index is -0.387. The summed E-state index contributed by atoms with van der Waals surface area (Å²) >= 11 is 0. The summed E-state index contributed by atoms with van der Waals surface area (Å²) in [6, 6.07) is 0. The third-order valence-electron chi connectivity index (χ3n) is 10.6. The monoisotopic (exact) mass is 399 g/mol. The highest BCUT2D eigenvalue weighted by atomic mass is 16.3. The van der Waals surface area contributed by atoms with Gasteiger partial charge in [0.25, 0.3) is 0 Å². The molecule has 8 atom stereocenters. The summed E-state index contributed by atoms with van der Waals surface area (Å²) in [5, 5.41) is 10.6. The van der Waals surface area contributed by atoms with Gasteiger partial charge < -0.3 is 5.11 Å². The second-order valence-corrected chi connectivity index (χ2v) is 12.3. The summed E-state index contributed by atoms with van der Waals surface area (Å²) in [4.78, 5) is 2.69. The van der Waals surface area contributed by atoms with Crippen LogP contribution in [0.15, 0.2) is 12.2 Å². The average Bonchev–Trinajstić information content (AvgIpc) is 3.05. The van der Waals surface area contributed by atoms with Crippen LogP contribution in [0.2, 0.25) is 0 Å². The molecule has 2 heteroatoms. The molecule has 0 aromatic carbocycles. The van der Waals surface area contributed by atoms with E-state index in [1.165, 1.54) is 83.8 Å². The summed E-state index contributed by atoms with van der Waals surface area (Å²) in [5.74, 6) is 5.33. The normalized spacial score (nSPS) is 50.4. The van der Waals surface area contributed by atoms with Gasteiger partial charge in [-0.05, 0) is 132 Å². The molecule has 0 aromatic rings. The zero-order chi connectivity index (χ0) is 20.2. The molecule has 0 amide bonds. The number of nitrogens with zero attached hydrogens (tertiary/aromatic N) is 1. The molecule has 5 rings (SSSR count). The molecule has 0 spiro atoms. The van der Waals surface area contributed by atoms with E-state index >= 15 is 0 Å². The van der Waals surface area contributed by atoms with Crippen LogP contribution in [0, 0.1) is 40.9 Å². The quantitative estimate of drug-likeness (QED) is 0.584. The van der Waals surface area contributed by atoms with Crippen molar-refractivity contribution in [3.05, 3.63) is 12.2 Å². The molecule has 0 bridgehead atoms. The maximum Gasteiger partial charge on any atom is 0.0622 e. The number of hydrogen-bond donors (Lipinski definition) is 1. The Labute approximate surface area is 179 Å². The second-order valence-electron chi connectivity index (χ2n) is 12.3. The minimum Gasteiger partial charge on any atom is -0.390 e. The summed E-state index contributed by atoms with van der Waals surface area (Å²) in [5.41, 5.74) is 1.70. The maximum atomic E-state index is 10.6. The molecule has 1 aliphatic heterocycles. The van der Waals surface area contributed by atoms with E-state index in [1.54, 1.807) is 5.57 Å². The largest absolute Gasteiger partial charge is 0.390 e. The molecule has 5 aliphatic rings. The number of aliphatic hydroxyl groups is 1. The van der Waals surface area contributed by atoms with Crippen LogP contribution in [0.4, 0.5) is 0 Å². The van der Waals surface area contributed by atoms with Gasteiger partial charge in [0.1, 0.15) is 0 Å². The van der Waals surface area contributed by atoms with E-state index < -0.39 is 0 Å². The van der Waals surface area contributed by atoms with Crippen LogP contribution < -0.4 is 0 Å².